The standard InChI is InChI=1S/C9H12.C6H4Cl4N2O3S/c1-7-5-4-6-8(2)9(7)3;7-1-2(8)4(10)6(5(11)3(1)9)12-16(13,14)15/h4-6H,1-3H3;12H,11H2,(H,13,14,15). The van der Waals surface area contributed by atoms with Gasteiger partial charge in [-0.05, 0) is 37.5 Å². The van der Waals surface area contributed by atoms with Gasteiger partial charge in [-0.15, -0.1) is 0 Å². The Hall–Kier alpha value is -0.890. The van der Waals surface area contributed by atoms with E-state index in [1.165, 1.54) is 16.7 Å². The van der Waals surface area contributed by atoms with Crippen LogP contribution >= 0.6 is 46.4 Å². The van der Waals surface area contributed by atoms with Gasteiger partial charge >= 0.3 is 10.3 Å². The van der Waals surface area contributed by atoms with E-state index in [4.69, 9.17) is 56.7 Å². The molecule has 138 valence electrons. The second-order valence-corrected chi connectivity index (χ2v) is 7.80. The molecule has 0 amide bonds. The maximum Gasteiger partial charge on any atom is 0.357 e. The van der Waals surface area contributed by atoms with Crippen LogP contribution in [0.5, 0.6) is 0 Å². The zero-order valence-corrected chi connectivity index (χ0v) is 17.3. The van der Waals surface area contributed by atoms with Gasteiger partial charge in [-0.1, -0.05) is 64.6 Å². The third kappa shape index (κ3) is 5.81. The molecule has 4 N–H and O–H groups in total. The highest BCUT2D eigenvalue weighted by molar-refractivity contribution is 7.87. The van der Waals surface area contributed by atoms with E-state index in [0.29, 0.717) is 0 Å². The van der Waals surface area contributed by atoms with Crippen molar-refractivity contribution in [2.24, 2.45) is 0 Å². The molecule has 0 saturated heterocycles. The number of anilines is 2. The fourth-order valence-electron chi connectivity index (χ4n) is 1.78. The first-order chi connectivity index (χ1) is 11.4. The van der Waals surface area contributed by atoms with Crippen LogP contribution in [-0.4, -0.2) is 13.0 Å². The minimum absolute atomic E-state index is 0.105. The quantitative estimate of drug-likeness (QED) is 0.239. The van der Waals surface area contributed by atoms with Gasteiger partial charge in [0, 0.05) is 0 Å². The van der Waals surface area contributed by atoms with E-state index in [1.54, 1.807) is 4.72 Å². The molecule has 5 nitrogen and oxygen atoms in total. The normalized spacial score (nSPS) is 10.9. The predicted molar refractivity (Wildman–Crippen MR) is 107 cm³/mol. The van der Waals surface area contributed by atoms with Crippen LogP contribution in [0.15, 0.2) is 18.2 Å². The van der Waals surface area contributed by atoms with Crippen LogP contribution in [0.25, 0.3) is 0 Å². The third-order valence-electron chi connectivity index (χ3n) is 3.41. The van der Waals surface area contributed by atoms with Gasteiger partial charge in [0.2, 0.25) is 0 Å². The molecule has 10 heteroatoms. The van der Waals surface area contributed by atoms with Gasteiger partial charge in [-0.3, -0.25) is 9.27 Å². The first kappa shape index (κ1) is 22.2. The van der Waals surface area contributed by atoms with E-state index in [1.807, 2.05) is 0 Å². The zero-order chi connectivity index (χ0) is 19.5. The number of nitrogens with one attached hydrogen (secondary N) is 1. The summed E-state index contributed by atoms with van der Waals surface area (Å²) in [5.74, 6) is 0. The topological polar surface area (TPSA) is 92.4 Å². The highest BCUT2D eigenvalue weighted by Gasteiger charge is 2.21. The van der Waals surface area contributed by atoms with Gasteiger partial charge in [0.1, 0.15) is 0 Å². The Labute approximate surface area is 166 Å². The Morgan fingerprint density at radius 1 is 0.920 bits per heavy atom. The average molecular weight is 446 g/mol. The first-order valence-electron chi connectivity index (χ1n) is 6.76. The molecule has 0 fully saturated rings. The number of rotatable bonds is 2. The molecule has 2 rings (SSSR count). The van der Waals surface area contributed by atoms with E-state index < -0.39 is 10.3 Å². The van der Waals surface area contributed by atoms with Crippen LogP contribution in [0.4, 0.5) is 11.4 Å². The molecule has 0 unspecified atom stereocenters. The van der Waals surface area contributed by atoms with Crippen molar-refractivity contribution in [3.05, 3.63) is 55.0 Å². The van der Waals surface area contributed by atoms with Gasteiger partial charge in [0.15, 0.2) is 0 Å². The van der Waals surface area contributed by atoms with E-state index >= 15 is 0 Å². The van der Waals surface area contributed by atoms with Crippen molar-refractivity contribution < 1.29 is 13.0 Å². The summed E-state index contributed by atoms with van der Waals surface area (Å²) in [6, 6.07) is 6.38. The number of nitrogens with two attached hydrogens (primary N) is 1. The average Bonchev–Trinajstić information content (AvgIpc) is 2.52. The maximum atomic E-state index is 10.6. The minimum Gasteiger partial charge on any atom is -0.396 e. The van der Waals surface area contributed by atoms with Crippen LogP contribution in [0, 0.1) is 20.8 Å². The summed E-state index contributed by atoms with van der Waals surface area (Å²) >= 11 is 22.7. The molecular formula is C15H16Cl4N2O3S. The monoisotopic (exact) mass is 444 g/mol. The molecule has 2 aromatic rings. The van der Waals surface area contributed by atoms with Gasteiger partial charge in [-0.25, -0.2) is 0 Å². The Kier molecular flexibility index (Phi) is 7.68. The predicted octanol–water partition coefficient (Wildman–Crippen LogP) is 5.71. The molecule has 0 atom stereocenters. The van der Waals surface area contributed by atoms with Gasteiger partial charge in [0.25, 0.3) is 0 Å². The van der Waals surface area contributed by atoms with Crippen molar-refractivity contribution in [3.8, 4) is 0 Å². The lowest BCUT2D eigenvalue weighted by Gasteiger charge is -2.13. The number of nitrogen functional groups attached to an aromatic ring is 1. The van der Waals surface area contributed by atoms with Crippen LogP contribution in [0.1, 0.15) is 16.7 Å². The highest BCUT2D eigenvalue weighted by Crippen LogP contribution is 2.46. The maximum absolute atomic E-state index is 10.6. The van der Waals surface area contributed by atoms with Crippen molar-refractivity contribution in [3.63, 3.8) is 0 Å². The number of benzene rings is 2. The summed E-state index contributed by atoms with van der Waals surface area (Å²) < 4.78 is 31.5. The summed E-state index contributed by atoms with van der Waals surface area (Å²) in [5, 5.41) is -0.700. The third-order valence-corrected chi connectivity index (χ3v) is 5.69. The Morgan fingerprint density at radius 3 is 1.76 bits per heavy atom. The summed E-state index contributed by atoms with van der Waals surface area (Å²) in [5.41, 5.74) is 9.08. The number of aryl methyl sites for hydroxylation is 2. The molecule has 0 aliphatic rings. The Morgan fingerprint density at radius 2 is 1.36 bits per heavy atom. The fourth-order valence-corrected chi connectivity index (χ4v) is 3.22. The van der Waals surface area contributed by atoms with Crippen molar-refractivity contribution in [2.45, 2.75) is 20.8 Å². The SMILES string of the molecule is Cc1cccc(C)c1C.Nc1c(Cl)c(Cl)c(Cl)c(Cl)c1NS(=O)(=O)O. The molecule has 0 aliphatic carbocycles. The molecule has 0 spiro atoms. The second-order valence-electron chi connectivity index (χ2n) is 5.14. The largest absolute Gasteiger partial charge is 0.396 e. The zero-order valence-electron chi connectivity index (χ0n) is 13.5. The molecule has 0 radical (unpaired) electrons. The smallest absolute Gasteiger partial charge is 0.357 e. The molecule has 0 saturated carbocycles. The van der Waals surface area contributed by atoms with Crippen molar-refractivity contribution in [2.75, 3.05) is 10.5 Å². The number of halogens is 4. The summed E-state index contributed by atoms with van der Waals surface area (Å²) in [6.45, 7) is 6.44. The van der Waals surface area contributed by atoms with Crippen molar-refractivity contribution in [1.29, 1.82) is 0 Å². The fraction of sp³-hybridized carbons (Fsp3) is 0.200. The van der Waals surface area contributed by atoms with Crippen molar-refractivity contribution >= 4 is 68.1 Å². The molecule has 0 bridgehead atoms. The van der Waals surface area contributed by atoms with Crippen LogP contribution in [0.3, 0.4) is 0 Å². The van der Waals surface area contributed by atoms with Gasteiger partial charge < -0.3 is 5.73 Å². The van der Waals surface area contributed by atoms with Crippen LogP contribution in [0.2, 0.25) is 20.1 Å². The summed E-state index contributed by atoms with van der Waals surface area (Å²) in [7, 11) is -4.54. The molecule has 0 aromatic heterocycles. The lowest BCUT2D eigenvalue weighted by atomic mass is 10.1. The summed E-state index contributed by atoms with van der Waals surface area (Å²) in [4.78, 5) is 0. The highest BCUT2D eigenvalue weighted by atomic mass is 35.5. The first-order valence-corrected chi connectivity index (χ1v) is 9.71. The Bertz CT molecular complexity index is 853. The van der Waals surface area contributed by atoms with E-state index in [-0.39, 0.29) is 31.5 Å². The number of hydrogen-bond donors (Lipinski definition) is 3. The number of hydrogen-bond acceptors (Lipinski definition) is 3. The second kappa shape index (κ2) is 8.66. The van der Waals surface area contributed by atoms with Crippen LogP contribution < -0.4 is 10.5 Å². The molecule has 0 heterocycles. The molecule has 0 aliphatic heterocycles. The van der Waals surface area contributed by atoms with Crippen molar-refractivity contribution in [1.82, 2.24) is 0 Å². The van der Waals surface area contributed by atoms with Crippen LogP contribution in [-0.2, 0) is 10.3 Å². The molecule has 25 heavy (non-hydrogen) atoms. The minimum atomic E-state index is -4.54. The molecule has 2 aromatic carbocycles. The Balaban J connectivity index is 0.000000293. The van der Waals surface area contributed by atoms with E-state index in [2.05, 4.69) is 39.0 Å². The van der Waals surface area contributed by atoms with E-state index in [0.717, 1.165) is 0 Å². The molecular weight excluding hydrogens is 430 g/mol. The summed E-state index contributed by atoms with van der Waals surface area (Å²) in [6.07, 6.45) is 0. The lowest BCUT2D eigenvalue weighted by Crippen LogP contribution is -2.12. The van der Waals surface area contributed by atoms with Gasteiger partial charge in [0.05, 0.1) is 31.5 Å². The van der Waals surface area contributed by atoms with E-state index in [9.17, 15) is 8.42 Å². The van der Waals surface area contributed by atoms with Gasteiger partial charge in [-0.2, -0.15) is 8.42 Å². The lowest BCUT2D eigenvalue weighted by molar-refractivity contribution is 0.490.